The molecule has 0 saturated heterocycles. The minimum absolute atomic E-state index is 0.0397. The van der Waals surface area contributed by atoms with Crippen LogP contribution in [0.2, 0.25) is 5.02 Å². The monoisotopic (exact) mass is 309 g/mol. The first kappa shape index (κ1) is 17.4. The summed E-state index contributed by atoms with van der Waals surface area (Å²) in [6.45, 7) is 5.83. The number of halogens is 1. The van der Waals surface area contributed by atoms with Crippen molar-refractivity contribution in [3.63, 3.8) is 0 Å². The molecule has 1 rings (SSSR count). The van der Waals surface area contributed by atoms with E-state index in [0.717, 1.165) is 31.3 Å². The van der Waals surface area contributed by atoms with Crippen molar-refractivity contribution in [2.45, 2.75) is 46.5 Å². The maximum absolute atomic E-state index is 12.4. The molecule has 5 heteroatoms. The molecular formula is C16H20ClNO3. The molecule has 0 spiro atoms. The van der Waals surface area contributed by atoms with E-state index in [1.165, 1.54) is 18.2 Å². The molecule has 1 aromatic carbocycles. The molecule has 114 valence electrons. The number of nitro benzene ring substituents is 1. The summed E-state index contributed by atoms with van der Waals surface area (Å²) in [5, 5.41) is 10.9. The smallest absolute Gasteiger partial charge is 0.288 e. The first-order valence-electron chi connectivity index (χ1n) is 7.03. The molecule has 0 aliphatic carbocycles. The van der Waals surface area contributed by atoms with Crippen molar-refractivity contribution in [3.05, 3.63) is 50.0 Å². The molecule has 0 amide bonds. The summed E-state index contributed by atoms with van der Waals surface area (Å²) in [6, 6.07) is 4.17. The summed E-state index contributed by atoms with van der Waals surface area (Å²) >= 11 is 5.76. The number of hydrogen-bond donors (Lipinski definition) is 0. The van der Waals surface area contributed by atoms with Gasteiger partial charge in [0.25, 0.3) is 5.69 Å². The van der Waals surface area contributed by atoms with Gasteiger partial charge in [0.2, 0.25) is 0 Å². The number of Topliss-reactive ketones (excluding diaryl/α,β-unsaturated/α-hetero) is 1. The van der Waals surface area contributed by atoms with Crippen molar-refractivity contribution in [3.8, 4) is 0 Å². The number of nitro groups is 1. The molecule has 0 aliphatic heterocycles. The molecule has 0 aromatic heterocycles. The third-order valence-corrected chi connectivity index (χ3v) is 3.86. The molecule has 0 aliphatic rings. The Balaban J connectivity index is 3.00. The van der Waals surface area contributed by atoms with E-state index < -0.39 is 4.92 Å². The lowest BCUT2D eigenvalue weighted by atomic mass is 9.97. The number of allylic oxidation sites excluding steroid dienone is 2. The largest absolute Gasteiger partial charge is 0.289 e. The number of benzene rings is 1. The first-order chi connectivity index (χ1) is 9.88. The molecule has 0 bridgehead atoms. The number of hydrogen-bond acceptors (Lipinski definition) is 3. The van der Waals surface area contributed by atoms with Crippen LogP contribution in [0.3, 0.4) is 0 Å². The van der Waals surface area contributed by atoms with Gasteiger partial charge in [0, 0.05) is 11.6 Å². The molecule has 0 unspecified atom stereocenters. The van der Waals surface area contributed by atoms with Crippen LogP contribution in [0.25, 0.3) is 0 Å². The predicted octanol–water partition coefficient (Wildman–Crippen LogP) is 5.35. The highest BCUT2D eigenvalue weighted by Crippen LogP contribution is 2.27. The normalized spacial score (nSPS) is 12.0. The summed E-state index contributed by atoms with van der Waals surface area (Å²) in [6.07, 6.45) is 4.18. The summed E-state index contributed by atoms with van der Waals surface area (Å²) in [5.41, 5.74) is 1.76. The van der Waals surface area contributed by atoms with Gasteiger partial charge in [0.1, 0.15) is 5.02 Å². The third kappa shape index (κ3) is 4.67. The molecule has 0 radical (unpaired) electrons. The highest BCUT2D eigenvalue weighted by molar-refractivity contribution is 6.32. The Bertz CT molecular complexity index is 579. The van der Waals surface area contributed by atoms with Crippen LogP contribution in [0.1, 0.15) is 56.8 Å². The molecule has 0 N–H and O–H groups in total. The van der Waals surface area contributed by atoms with Crippen LogP contribution in [0.5, 0.6) is 0 Å². The van der Waals surface area contributed by atoms with Crippen LogP contribution in [0.15, 0.2) is 29.3 Å². The number of nitrogens with zero attached hydrogens (tertiary/aromatic N) is 1. The van der Waals surface area contributed by atoms with Crippen molar-refractivity contribution in [2.75, 3.05) is 0 Å². The summed E-state index contributed by atoms with van der Waals surface area (Å²) in [7, 11) is 0. The number of rotatable bonds is 7. The van der Waals surface area contributed by atoms with E-state index in [9.17, 15) is 14.9 Å². The van der Waals surface area contributed by atoms with Crippen molar-refractivity contribution >= 4 is 23.1 Å². The zero-order chi connectivity index (χ0) is 16.0. The number of carbonyl (C=O) groups excluding carboxylic acids is 1. The lowest BCUT2D eigenvalue weighted by Gasteiger charge is -2.07. The summed E-state index contributed by atoms with van der Waals surface area (Å²) < 4.78 is 0. The van der Waals surface area contributed by atoms with Crippen molar-refractivity contribution in [1.82, 2.24) is 0 Å². The average molecular weight is 310 g/mol. The van der Waals surface area contributed by atoms with Gasteiger partial charge in [-0.15, -0.1) is 0 Å². The minimum atomic E-state index is -0.577. The Morgan fingerprint density at radius 1 is 1.29 bits per heavy atom. The van der Waals surface area contributed by atoms with Crippen molar-refractivity contribution < 1.29 is 9.72 Å². The van der Waals surface area contributed by atoms with Crippen LogP contribution in [0.4, 0.5) is 5.69 Å². The van der Waals surface area contributed by atoms with Gasteiger partial charge in [-0.2, -0.15) is 0 Å². The van der Waals surface area contributed by atoms with Gasteiger partial charge in [-0.1, -0.05) is 36.9 Å². The van der Waals surface area contributed by atoms with Gasteiger partial charge in [-0.25, -0.2) is 0 Å². The zero-order valence-corrected chi connectivity index (χ0v) is 13.4. The third-order valence-electron chi connectivity index (χ3n) is 3.54. The molecule has 0 atom stereocenters. The number of ketones is 1. The van der Waals surface area contributed by atoms with E-state index in [-0.39, 0.29) is 16.5 Å². The van der Waals surface area contributed by atoms with E-state index >= 15 is 0 Å². The number of unbranched alkanes of at least 4 members (excludes halogenated alkanes) is 2. The Hall–Kier alpha value is -1.68. The molecule has 0 heterocycles. The quantitative estimate of drug-likeness (QED) is 0.224. The first-order valence-corrected chi connectivity index (χ1v) is 7.41. The second kappa shape index (κ2) is 7.93. The fourth-order valence-electron chi connectivity index (χ4n) is 2.03. The summed E-state index contributed by atoms with van der Waals surface area (Å²) in [4.78, 5) is 22.7. The molecule has 4 nitrogen and oxygen atoms in total. The Morgan fingerprint density at radius 3 is 2.52 bits per heavy atom. The highest BCUT2D eigenvalue weighted by Gasteiger charge is 2.18. The Kier molecular flexibility index (Phi) is 6.56. The molecule has 0 saturated carbocycles. The maximum Gasteiger partial charge on any atom is 0.288 e. The Morgan fingerprint density at radius 2 is 1.95 bits per heavy atom. The highest BCUT2D eigenvalue weighted by atomic mass is 35.5. The fourth-order valence-corrected chi connectivity index (χ4v) is 2.22. The maximum atomic E-state index is 12.4. The van der Waals surface area contributed by atoms with Crippen LogP contribution >= 0.6 is 11.6 Å². The van der Waals surface area contributed by atoms with Gasteiger partial charge in [0.05, 0.1) is 4.92 Å². The van der Waals surface area contributed by atoms with Gasteiger partial charge in [0.15, 0.2) is 5.78 Å². The van der Waals surface area contributed by atoms with E-state index in [1.54, 1.807) is 6.92 Å². The predicted molar refractivity (Wildman–Crippen MR) is 85.0 cm³/mol. The van der Waals surface area contributed by atoms with Gasteiger partial charge in [-0.3, -0.25) is 14.9 Å². The van der Waals surface area contributed by atoms with Crippen LogP contribution in [-0.4, -0.2) is 10.7 Å². The minimum Gasteiger partial charge on any atom is -0.289 e. The molecular weight excluding hydrogens is 290 g/mol. The van der Waals surface area contributed by atoms with E-state index in [2.05, 4.69) is 6.92 Å². The van der Waals surface area contributed by atoms with E-state index in [4.69, 9.17) is 11.6 Å². The average Bonchev–Trinajstić information content (AvgIpc) is 2.46. The molecule has 1 aromatic rings. The van der Waals surface area contributed by atoms with Crippen molar-refractivity contribution in [2.24, 2.45) is 0 Å². The molecule has 0 fully saturated rings. The van der Waals surface area contributed by atoms with Gasteiger partial charge in [-0.05, 0) is 44.4 Å². The molecule has 21 heavy (non-hydrogen) atoms. The second-order valence-electron chi connectivity index (χ2n) is 5.11. The lowest BCUT2D eigenvalue weighted by Crippen LogP contribution is -2.04. The van der Waals surface area contributed by atoms with E-state index in [0.29, 0.717) is 11.1 Å². The van der Waals surface area contributed by atoms with Gasteiger partial charge < -0.3 is 0 Å². The van der Waals surface area contributed by atoms with Crippen molar-refractivity contribution in [1.29, 1.82) is 0 Å². The van der Waals surface area contributed by atoms with Crippen LogP contribution in [-0.2, 0) is 0 Å². The van der Waals surface area contributed by atoms with Crippen LogP contribution in [0, 0.1) is 10.1 Å². The zero-order valence-electron chi connectivity index (χ0n) is 12.6. The standard InChI is InChI=1S/C16H20ClNO3/c1-4-5-6-7-11(2)12(3)16(19)13-8-9-14(17)15(10-13)18(20)21/h8-10H,4-7H2,1-3H3/b12-11+. The Labute approximate surface area is 130 Å². The lowest BCUT2D eigenvalue weighted by molar-refractivity contribution is -0.384. The SMILES string of the molecule is CCCCC/C(C)=C(\C)C(=O)c1ccc(Cl)c([N+](=O)[O-])c1. The van der Waals surface area contributed by atoms with Crippen LogP contribution < -0.4 is 0 Å². The van der Waals surface area contributed by atoms with E-state index in [1.807, 2.05) is 6.92 Å². The second-order valence-corrected chi connectivity index (χ2v) is 5.52. The topological polar surface area (TPSA) is 60.2 Å². The summed E-state index contributed by atoms with van der Waals surface area (Å²) in [5.74, 6) is -0.177. The number of carbonyl (C=O) groups is 1. The fraction of sp³-hybridized carbons (Fsp3) is 0.438. The van der Waals surface area contributed by atoms with Gasteiger partial charge >= 0.3 is 0 Å².